The molecule has 2 aromatic rings. The number of hydrogen-bond donors (Lipinski definition) is 5. The zero-order chi connectivity index (χ0) is 29.5. The van der Waals surface area contributed by atoms with Crippen LogP contribution >= 0.6 is 0 Å². The molecule has 2 heterocycles. The van der Waals surface area contributed by atoms with Crippen molar-refractivity contribution < 1.29 is 54.2 Å². The van der Waals surface area contributed by atoms with Crippen molar-refractivity contribution in [1.82, 2.24) is 4.90 Å². The maximum atomic E-state index is 14.8. The number of ketones is 2. The van der Waals surface area contributed by atoms with E-state index >= 15 is 0 Å². The Morgan fingerprint density at radius 2 is 1.63 bits per heavy atom. The quantitative estimate of drug-likeness (QED) is 0.315. The van der Waals surface area contributed by atoms with Gasteiger partial charge >= 0.3 is 5.97 Å². The molecule has 0 aromatic heterocycles. The van der Waals surface area contributed by atoms with Crippen molar-refractivity contribution >= 4 is 29.0 Å². The van der Waals surface area contributed by atoms with Crippen LogP contribution in [0.15, 0.2) is 17.7 Å². The number of carbonyl (C=O) groups is 4. The minimum absolute atomic E-state index is 0.0462. The van der Waals surface area contributed by atoms with Gasteiger partial charge in [0.2, 0.25) is 5.78 Å². The van der Waals surface area contributed by atoms with Crippen molar-refractivity contribution in [2.45, 2.75) is 37.2 Å². The van der Waals surface area contributed by atoms with Gasteiger partial charge in [0.15, 0.2) is 17.6 Å². The second-order valence-electron chi connectivity index (χ2n) is 11.2. The molecule has 0 saturated carbocycles. The van der Waals surface area contributed by atoms with Crippen LogP contribution in [0.5, 0.6) is 11.5 Å². The van der Waals surface area contributed by atoms with Gasteiger partial charge in [0, 0.05) is 30.4 Å². The summed E-state index contributed by atoms with van der Waals surface area (Å²) in [7, 11) is 1.17. The Morgan fingerprint density at radius 3 is 2.27 bits per heavy atom. The molecule has 5 aliphatic rings. The summed E-state index contributed by atoms with van der Waals surface area (Å²) in [5.41, 5.74) is -4.89. The van der Waals surface area contributed by atoms with E-state index in [1.165, 1.54) is 19.2 Å². The number of Topliss-reactive ketones (excluding diaryl/α,β-unsaturated/α-hetero) is 2. The molecule has 5 atom stereocenters. The molecule has 7 rings (SSSR count). The molecule has 1 amide bonds. The summed E-state index contributed by atoms with van der Waals surface area (Å²) < 4.78 is 11.0. The smallest absolute Gasteiger partial charge is 0.342 e. The highest BCUT2D eigenvalue weighted by atomic mass is 16.5. The minimum Gasteiger partial charge on any atom is -0.507 e. The summed E-state index contributed by atoms with van der Waals surface area (Å²) in [4.78, 5) is 56.5. The number of aryl methyl sites for hydroxylation is 2. The van der Waals surface area contributed by atoms with Crippen molar-refractivity contribution in [1.29, 1.82) is 0 Å². The lowest BCUT2D eigenvalue weighted by Gasteiger charge is -2.50. The van der Waals surface area contributed by atoms with Gasteiger partial charge in [0.1, 0.15) is 23.7 Å². The average Bonchev–Trinajstić information content (AvgIpc) is 3.09. The molecule has 12 heteroatoms. The van der Waals surface area contributed by atoms with Crippen molar-refractivity contribution in [3.63, 3.8) is 0 Å². The van der Waals surface area contributed by atoms with E-state index in [0.29, 0.717) is 11.1 Å². The van der Waals surface area contributed by atoms with Crippen molar-refractivity contribution in [3.8, 4) is 11.5 Å². The van der Waals surface area contributed by atoms with Gasteiger partial charge in [-0.25, -0.2) is 4.79 Å². The number of esters is 1. The standard InChI is InChI=1S/C29H25NO11/c1-9-6-11(32)15-20-13(9)17-18-22(34)14-10(2)7-12(33)16-19(14)28(23(18)35,8-41-26(16)38)21(17)24(36)29(20,39)27(40-3)30(4-5-31)25(15)37/h6-7,18,23,27,31-33,35,39H,4-5,8H2,1-3H3/t18-,23-,27-,28-,29-/m0/s1. The van der Waals surface area contributed by atoms with Crippen LogP contribution in [0.3, 0.4) is 0 Å². The number of methoxy groups -OCH3 is 1. The van der Waals surface area contributed by atoms with Crippen LogP contribution in [0.4, 0.5) is 0 Å². The summed E-state index contributed by atoms with van der Waals surface area (Å²) >= 11 is 0. The Morgan fingerprint density at radius 1 is 1.00 bits per heavy atom. The number of phenolic OH excluding ortho intramolecular Hbond substituents is 2. The van der Waals surface area contributed by atoms with Gasteiger partial charge < -0.3 is 39.9 Å². The number of aliphatic hydroxyl groups excluding tert-OH is 2. The van der Waals surface area contributed by atoms with Gasteiger partial charge in [0.05, 0.1) is 29.6 Å². The van der Waals surface area contributed by atoms with E-state index in [9.17, 15) is 44.7 Å². The molecule has 2 aliphatic heterocycles. The highest BCUT2D eigenvalue weighted by Gasteiger charge is 2.72. The maximum Gasteiger partial charge on any atom is 0.342 e. The number of hydrogen-bond acceptors (Lipinski definition) is 11. The van der Waals surface area contributed by atoms with Crippen LogP contribution in [-0.2, 0) is 25.3 Å². The molecule has 1 spiro atoms. The zero-order valence-electron chi connectivity index (χ0n) is 22.1. The molecule has 0 fully saturated rings. The number of rotatable bonds is 3. The maximum absolute atomic E-state index is 14.8. The molecule has 0 saturated heterocycles. The normalized spacial score (nSPS) is 30.8. The number of benzene rings is 2. The molecule has 0 radical (unpaired) electrons. The third-order valence-electron chi connectivity index (χ3n) is 9.37. The number of nitrogens with zero attached hydrogens (tertiary/aromatic N) is 1. The topological polar surface area (TPSA) is 191 Å². The van der Waals surface area contributed by atoms with E-state index in [-0.39, 0.29) is 45.5 Å². The summed E-state index contributed by atoms with van der Waals surface area (Å²) in [6.07, 6.45) is -3.31. The fourth-order valence-electron chi connectivity index (χ4n) is 7.93. The highest BCUT2D eigenvalue weighted by molar-refractivity contribution is 6.25. The monoisotopic (exact) mass is 563 g/mol. The Kier molecular flexibility index (Phi) is 4.91. The summed E-state index contributed by atoms with van der Waals surface area (Å²) in [6, 6.07) is 2.51. The number of aliphatic hydroxyl groups is 3. The number of cyclic esters (lactones) is 1. The molecular formula is C29H25NO11. The first-order valence-corrected chi connectivity index (χ1v) is 13.0. The van der Waals surface area contributed by atoms with E-state index in [1.807, 2.05) is 0 Å². The highest BCUT2D eigenvalue weighted by Crippen LogP contribution is 2.65. The molecule has 41 heavy (non-hydrogen) atoms. The van der Waals surface area contributed by atoms with Crippen molar-refractivity contribution in [2.24, 2.45) is 5.92 Å². The van der Waals surface area contributed by atoms with Gasteiger partial charge in [0.25, 0.3) is 5.91 Å². The van der Waals surface area contributed by atoms with E-state index < -0.39 is 83.0 Å². The average molecular weight is 564 g/mol. The minimum atomic E-state index is -2.66. The number of carbonyl (C=O) groups excluding carboxylic acids is 4. The Bertz CT molecular complexity index is 1720. The third-order valence-corrected chi connectivity index (χ3v) is 9.37. The number of amides is 1. The zero-order valence-corrected chi connectivity index (χ0v) is 22.1. The first kappa shape index (κ1) is 25.8. The van der Waals surface area contributed by atoms with Crippen molar-refractivity contribution in [2.75, 3.05) is 26.9 Å². The van der Waals surface area contributed by atoms with Crippen LogP contribution in [0, 0.1) is 19.8 Å². The predicted octanol–water partition coefficient (Wildman–Crippen LogP) is -0.0455. The van der Waals surface area contributed by atoms with Crippen LogP contribution < -0.4 is 0 Å². The first-order valence-electron chi connectivity index (χ1n) is 13.0. The summed E-state index contributed by atoms with van der Waals surface area (Å²) in [6.45, 7) is 1.66. The van der Waals surface area contributed by atoms with Gasteiger partial charge in [-0.3, -0.25) is 14.4 Å². The van der Waals surface area contributed by atoms with Crippen LogP contribution in [0.1, 0.15) is 58.9 Å². The van der Waals surface area contributed by atoms with E-state index in [4.69, 9.17) is 9.47 Å². The SMILES string of the molecule is CO[C@@H]1N(CCO)C(=O)c2c(O)cc(C)c3c2[C@]1(O)C(=O)C1=C3[C@H]2C(=O)c3c(C)cc(O)c4c3[C@]1(COC4=O)[C@H]2O. The Hall–Kier alpha value is -4.10. The van der Waals surface area contributed by atoms with Crippen LogP contribution in [0.25, 0.3) is 5.57 Å². The molecule has 12 nitrogen and oxygen atoms in total. The number of fused-ring (bicyclic) bond motifs is 3. The molecule has 2 aromatic carbocycles. The van der Waals surface area contributed by atoms with E-state index in [0.717, 1.165) is 4.90 Å². The number of β-amino-alcohol motifs (C(OH)–C–C–N with tert-alkyl or cyclic N) is 1. The Labute approximate surface area is 232 Å². The van der Waals surface area contributed by atoms with Gasteiger partial charge in [-0.1, -0.05) is 0 Å². The first-order chi connectivity index (χ1) is 19.4. The molecule has 5 N–H and O–H groups in total. The second kappa shape index (κ2) is 7.79. The van der Waals surface area contributed by atoms with Gasteiger partial charge in [-0.2, -0.15) is 0 Å². The lowest BCUT2D eigenvalue weighted by atomic mass is 9.60. The lowest BCUT2D eigenvalue weighted by molar-refractivity contribution is -0.179. The number of phenols is 2. The molecule has 2 bridgehead atoms. The fraction of sp³-hybridized carbons (Fsp3) is 0.379. The number of aromatic hydroxyl groups is 2. The Balaban J connectivity index is 1.67. The van der Waals surface area contributed by atoms with Crippen LogP contribution in [0.2, 0.25) is 0 Å². The largest absolute Gasteiger partial charge is 0.507 e. The fourth-order valence-corrected chi connectivity index (χ4v) is 7.93. The van der Waals surface area contributed by atoms with Crippen LogP contribution in [-0.4, -0.2) is 93.1 Å². The predicted molar refractivity (Wildman–Crippen MR) is 136 cm³/mol. The van der Waals surface area contributed by atoms with E-state index in [2.05, 4.69) is 0 Å². The second-order valence-corrected chi connectivity index (χ2v) is 11.2. The molecular weight excluding hydrogens is 538 g/mol. The summed E-state index contributed by atoms with van der Waals surface area (Å²) in [5.74, 6) is -5.74. The van der Waals surface area contributed by atoms with Gasteiger partial charge in [-0.05, 0) is 53.8 Å². The lowest BCUT2D eigenvalue weighted by Crippen LogP contribution is -2.65. The molecule has 0 unspecified atom stereocenters. The third kappa shape index (κ3) is 2.56. The molecule has 3 aliphatic carbocycles. The van der Waals surface area contributed by atoms with Gasteiger partial charge in [-0.15, -0.1) is 0 Å². The van der Waals surface area contributed by atoms with Crippen molar-refractivity contribution in [3.05, 3.63) is 62.2 Å². The molecule has 212 valence electrons. The van der Waals surface area contributed by atoms with E-state index in [1.54, 1.807) is 13.8 Å². The summed E-state index contributed by atoms with van der Waals surface area (Å²) in [5, 5.41) is 55.8. The number of ether oxygens (including phenoxy) is 2.